The van der Waals surface area contributed by atoms with Crippen molar-refractivity contribution in [3.63, 3.8) is 0 Å². The molecule has 2 heterocycles. The van der Waals surface area contributed by atoms with Gasteiger partial charge in [0, 0.05) is 30.4 Å². The molecule has 1 atom stereocenters. The Labute approximate surface area is 205 Å². The summed E-state index contributed by atoms with van der Waals surface area (Å²) >= 11 is 6.94. The van der Waals surface area contributed by atoms with E-state index in [-0.39, 0.29) is 35.2 Å². The number of nitrogens with one attached hydrogen (secondary N) is 4. The lowest BCUT2D eigenvalue weighted by Crippen LogP contribution is -2.45. The van der Waals surface area contributed by atoms with Crippen LogP contribution in [0.1, 0.15) is 38.4 Å². The summed E-state index contributed by atoms with van der Waals surface area (Å²) in [5.41, 5.74) is 7.70. The summed E-state index contributed by atoms with van der Waals surface area (Å²) in [6.07, 6.45) is 1.93. The number of hydrogen-bond donors (Lipinski definition) is 5. The standard InChI is InChI=1S/C23H24ClFN6O2S/c24-17-9-13(6-7-18(17)25)11-28-21(32)14-3-1-4-15(10-14)30-23-31-20(26)19(34-23)22(33)29-16-5-2-8-27-12-16/h1,3-4,6-7,9-10,16,27H,2,5,8,11-12,26H2,(H,28,32)(H,29,33)(H,30,31)/t16-/m0/s1. The van der Waals surface area contributed by atoms with Gasteiger partial charge < -0.3 is 27.0 Å². The number of carbonyl (C=O) groups excluding carboxylic acids is 2. The first-order valence-electron chi connectivity index (χ1n) is 10.8. The lowest BCUT2D eigenvalue weighted by molar-refractivity contribution is 0.0932. The van der Waals surface area contributed by atoms with Gasteiger partial charge in [0.25, 0.3) is 11.8 Å². The highest BCUT2D eigenvalue weighted by molar-refractivity contribution is 7.18. The number of nitrogens with zero attached hydrogens (tertiary/aromatic N) is 1. The molecule has 1 aliphatic heterocycles. The van der Waals surface area contributed by atoms with E-state index in [9.17, 15) is 14.0 Å². The fourth-order valence-corrected chi connectivity index (χ4v) is 4.58. The van der Waals surface area contributed by atoms with Gasteiger partial charge in [-0.1, -0.05) is 35.1 Å². The van der Waals surface area contributed by atoms with Crippen LogP contribution in [-0.2, 0) is 6.54 Å². The molecule has 0 bridgehead atoms. The molecule has 0 saturated carbocycles. The molecule has 11 heteroatoms. The van der Waals surface area contributed by atoms with E-state index >= 15 is 0 Å². The van der Waals surface area contributed by atoms with Gasteiger partial charge in [0.1, 0.15) is 16.5 Å². The van der Waals surface area contributed by atoms with Crippen molar-refractivity contribution < 1.29 is 14.0 Å². The molecule has 1 saturated heterocycles. The summed E-state index contributed by atoms with van der Waals surface area (Å²) in [5.74, 6) is -0.903. The number of amides is 2. The maximum Gasteiger partial charge on any atom is 0.265 e. The second kappa shape index (κ2) is 10.8. The Balaban J connectivity index is 1.38. The molecule has 6 N–H and O–H groups in total. The fourth-order valence-electron chi connectivity index (χ4n) is 3.57. The van der Waals surface area contributed by atoms with Crippen LogP contribution in [-0.4, -0.2) is 35.9 Å². The Bertz CT molecular complexity index is 1200. The number of benzene rings is 2. The lowest BCUT2D eigenvalue weighted by atomic mass is 10.1. The predicted molar refractivity (Wildman–Crippen MR) is 132 cm³/mol. The van der Waals surface area contributed by atoms with Crippen LogP contribution in [0.15, 0.2) is 42.5 Å². The van der Waals surface area contributed by atoms with Crippen molar-refractivity contribution >= 4 is 51.4 Å². The Morgan fingerprint density at radius 3 is 2.85 bits per heavy atom. The van der Waals surface area contributed by atoms with Gasteiger partial charge >= 0.3 is 0 Å². The molecular weight excluding hydrogens is 479 g/mol. The van der Waals surface area contributed by atoms with Crippen molar-refractivity contribution in [2.45, 2.75) is 25.4 Å². The lowest BCUT2D eigenvalue weighted by Gasteiger charge is -2.23. The molecular formula is C23H24ClFN6O2S. The quantitative estimate of drug-likeness (QED) is 0.336. The molecule has 2 amide bonds. The third-order valence-electron chi connectivity index (χ3n) is 5.30. The van der Waals surface area contributed by atoms with Crippen LogP contribution in [0.4, 0.5) is 21.0 Å². The number of rotatable bonds is 7. The zero-order chi connectivity index (χ0) is 24.1. The highest BCUT2D eigenvalue weighted by Crippen LogP contribution is 2.28. The Morgan fingerprint density at radius 1 is 1.24 bits per heavy atom. The topological polar surface area (TPSA) is 121 Å². The smallest absolute Gasteiger partial charge is 0.265 e. The minimum atomic E-state index is -0.509. The first kappa shape index (κ1) is 23.9. The molecule has 34 heavy (non-hydrogen) atoms. The summed E-state index contributed by atoms with van der Waals surface area (Å²) < 4.78 is 13.3. The van der Waals surface area contributed by atoms with Gasteiger partial charge in [-0.2, -0.15) is 0 Å². The molecule has 0 aliphatic carbocycles. The number of anilines is 3. The van der Waals surface area contributed by atoms with Crippen molar-refractivity contribution in [3.05, 3.63) is 69.3 Å². The Hall–Kier alpha value is -3.21. The normalized spacial score (nSPS) is 15.5. The molecule has 2 aromatic carbocycles. The molecule has 1 aliphatic rings. The second-order valence-corrected chi connectivity index (χ2v) is 9.29. The number of aromatic nitrogens is 1. The molecule has 1 aromatic heterocycles. The highest BCUT2D eigenvalue weighted by Gasteiger charge is 2.21. The highest BCUT2D eigenvalue weighted by atomic mass is 35.5. The van der Waals surface area contributed by atoms with Crippen molar-refractivity contribution in [2.75, 3.05) is 24.1 Å². The van der Waals surface area contributed by atoms with E-state index in [1.54, 1.807) is 30.3 Å². The number of nitrogens with two attached hydrogens (primary N) is 1. The third kappa shape index (κ3) is 6.02. The fraction of sp³-hybridized carbons (Fsp3) is 0.261. The Kier molecular flexibility index (Phi) is 7.61. The van der Waals surface area contributed by atoms with Crippen LogP contribution in [0.3, 0.4) is 0 Å². The summed E-state index contributed by atoms with van der Waals surface area (Å²) in [6.45, 7) is 1.90. The van der Waals surface area contributed by atoms with Crippen LogP contribution >= 0.6 is 22.9 Å². The molecule has 0 spiro atoms. The first-order valence-corrected chi connectivity index (χ1v) is 12.0. The van der Waals surface area contributed by atoms with Crippen molar-refractivity contribution in [2.24, 2.45) is 0 Å². The number of hydrogen-bond acceptors (Lipinski definition) is 7. The third-order valence-corrected chi connectivity index (χ3v) is 6.58. The molecule has 1 fully saturated rings. The zero-order valence-corrected chi connectivity index (χ0v) is 19.7. The summed E-state index contributed by atoms with van der Waals surface area (Å²) in [6, 6.07) is 11.2. The second-order valence-electron chi connectivity index (χ2n) is 7.89. The maximum atomic E-state index is 13.3. The van der Waals surface area contributed by atoms with E-state index in [1.165, 1.54) is 12.1 Å². The number of carbonyl (C=O) groups is 2. The van der Waals surface area contributed by atoms with Crippen molar-refractivity contribution in [3.8, 4) is 0 Å². The van der Waals surface area contributed by atoms with E-state index in [0.717, 1.165) is 37.3 Å². The van der Waals surface area contributed by atoms with Gasteiger partial charge in [0.2, 0.25) is 0 Å². The molecule has 0 radical (unpaired) electrons. The van der Waals surface area contributed by atoms with Crippen LogP contribution < -0.4 is 27.0 Å². The van der Waals surface area contributed by atoms with Gasteiger partial charge in [-0.05, 0) is 55.3 Å². The number of piperidine rings is 1. The summed E-state index contributed by atoms with van der Waals surface area (Å²) in [7, 11) is 0. The average molecular weight is 503 g/mol. The van der Waals surface area contributed by atoms with E-state index < -0.39 is 5.82 Å². The molecule has 0 unspecified atom stereocenters. The van der Waals surface area contributed by atoms with Gasteiger partial charge in [0.05, 0.1) is 5.02 Å². The minimum absolute atomic E-state index is 0.00382. The van der Waals surface area contributed by atoms with Gasteiger partial charge in [-0.25, -0.2) is 9.37 Å². The number of nitrogen functional groups attached to an aromatic ring is 1. The van der Waals surface area contributed by atoms with Crippen LogP contribution in [0.5, 0.6) is 0 Å². The SMILES string of the molecule is Nc1nc(Nc2cccc(C(=O)NCc3ccc(F)c(Cl)c3)c2)sc1C(=O)N[C@H]1CCCNC1. The van der Waals surface area contributed by atoms with E-state index in [4.69, 9.17) is 17.3 Å². The minimum Gasteiger partial charge on any atom is -0.382 e. The van der Waals surface area contributed by atoms with Crippen LogP contribution in [0.2, 0.25) is 5.02 Å². The maximum absolute atomic E-state index is 13.3. The van der Waals surface area contributed by atoms with Gasteiger partial charge in [0.15, 0.2) is 5.13 Å². The Morgan fingerprint density at radius 2 is 2.09 bits per heavy atom. The van der Waals surface area contributed by atoms with Gasteiger partial charge in [-0.15, -0.1) is 0 Å². The summed E-state index contributed by atoms with van der Waals surface area (Å²) in [5, 5.41) is 12.6. The van der Waals surface area contributed by atoms with Gasteiger partial charge in [-0.3, -0.25) is 9.59 Å². The predicted octanol–water partition coefficient (Wildman–Crippen LogP) is 3.67. The number of thiazole rings is 1. The molecule has 4 rings (SSSR count). The van der Waals surface area contributed by atoms with Crippen LogP contribution in [0, 0.1) is 5.82 Å². The van der Waals surface area contributed by atoms with E-state index in [0.29, 0.717) is 26.8 Å². The first-order chi connectivity index (χ1) is 16.4. The summed E-state index contributed by atoms with van der Waals surface area (Å²) in [4.78, 5) is 29.8. The van der Waals surface area contributed by atoms with E-state index in [1.807, 2.05) is 0 Å². The zero-order valence-electron chi connectivity index (χ0n) is 18.2. The van der Waals surface area contributed by atoms with Crippen molar-refractivity contribution in [1.82, 2.24) is 20.9 Å². The largest absolute Gasteiger partial charge is 0.382 e. The monoisotopic (exact) mass is 502 g/mol. The van der Waals surface area contributed by atoms with Crippen molar-refractivity contribution in [1.29, 1.82) is 0 Å². The van der Waals surface area contributed by atoms with Crippen LogP contribution in [0.25, 0.3) is 0 Å². The van der Waals surface area contributed by atoms with E-state index in [2.05, 4.69) is 26.3 Å². The molecule has 8 nitrogen and oxygen atoms in total. The number of halogens is 2. The molecule has 3 aromatic rings. The average Bonchev–Trinajstić information content (AvgIpc) is 3.20. The molecule has 178 valence electrons.